The van der Waals surface area contributed by atoms with E-state index in [0.717, 1.165) is 20.8 Å². The Kier molecular flexibility index (Phi) is 12.5. The molecule has 2 amide bonds. The topological polar surface area (TPSA) is 292 Å². The molecule has 43 heavy (non-hydrogen) atoms. The molecule has 3 fully saturated rings. The quantitative estimate of drug-likeness (QED) is 0.101. The van der Waals surface area contributed by atoms with Gasteiger partial charge in [-0.25, -0.2) is 0 Å². The van der Waals surface area contributed by atoms with Gasteiger partial charge in [0, 0.05) is 20.8 Å². The molecule has 0 spiro atoms. The van der Waals surface area contributed by atoms with Gasteiger partial charge in [-0.1, -0.05) is 0 Å². The molecule has 0 aliphatic carbocycles. The minimum atomic E-state index is -1.97. The van der Waals surface area contributed by atoms with Crippen LogP contribution in [0.4, 0.5) is 0 Å². The molecule has 3 heterocycles. The normalized spacial score (nSPS) is 43.5. The highest BCUT2D eigenvalue weighted by molar-refractivity contribution is 5.73. The summed E-state index contributed by atoms with van der Waals surface area (Å²) >= 11 is 0. The van der Waals surface area contributed by atoms with E-state index in [-0.39, 0.29) is 0 Å². The summed E-state index contributed by atoms with van der Waals surface area (Å²) in [5, 5.41) is 87.5. The zero-order valence-electron chi connectivity index (χ0n) is 23.5. The minimum absolute atomic E-state index is 0.604. The first-order valence-corrected chi connectivity index (χ1v) is 13.4. The number of aliphatic hydroxyl groups excluding tert-OH is 8. The molecule has 3 aliphatic heterocycles. The maximum Gasteiger partial charge on any atom is 0.303 e. The lowest BCUT2D eigenvalue weighted by atomic mass is 9.95. The molecular weight excluding hydrogens is 588 g/mol. The van der Waals surface area contributed by atoms with Crippen LogP contribution >= 0.6 is 0 Å². The molecule has 19 heteroatoms. The van der Waals surface area contributed by atoms with E-state index in [2.05, 4.69) is 10.6 Å². The fraction of sp³-hybridized carbons (Fsp3) is 0.875. The maximum atomic E-state index is 11.8. The first-order chi connectivity index (χ1) is 20.2. The average Bonchev–Trinajstić information content (AvgIpc) is 2.93. The van der Waals surface area contributed by atoms with Gasteiger partial charge in [-0.2, -0.15) is 0 Å². The van der Waals surface area contributed by atoms with E-state index in [9.17, 15) is 55.2 Å². The molecule has 248 valence electrons. The highest BCUT2D eigenvalue weighted by Gasteiger charge is 2.53. The Bertz CT molecular complexity index is 959. The third-order valence-corrected chi connectivity index (χ3v) is 7.15. The zero-order valence-corrected chi connectivity index (χ0v) is 23.5. The van der Waals surface area contributed by atoms with Crippen molar-refractivity contribution in [1.82, 2.24) is 10.6 Å². The molecule has 3 aliphatic rings. The van der Waals surface area contributed by atoms with Crippen LogP contribution in [-0.4, -0.2) is 170 Å². The fourth-order valence-corrected chi connectivity index (χ4v) is 5.07. The van der Waals surface area contributed by atoms with Crippen LogP contribution in [-0.2, 0) is 42.8 Å². The van der Waals surface area contributed by atoms with Crippen molar-refractivity contribution in [2.45, 2.75) is 113 Å². The highest BCUT2D eigenvalue weighted by atomic mass is 16.7. The van der Waals surface area contributed by atoms with Crippen LogP contribution in [0.25, 0.3) is 0 Å². The molecule has 15 atom stereocenters. The Balaban J connectivity index is 1.71. The number of carbonyl (C=O) groups is 3. The molecule has 0 aromatic rings. The summed E-state index contributed by atoms with van der Waals surface area (Å²) in [6.45, 7) is 1.23. The van der Waals surface area contributed by atoms with E-state index in [1.807, 2.05) is 0 Å². The second-order valence-electron chi connectivity index (χ2n) is 10.4. The lowest BCUT2D eigenvalue weighted by molar-refractivity contribution is -0.353. The van der Waals surface area contributed by atoms with Crippen molar-refractivity contribution in [3.05, 3.63) is 0 Å². The van der Waals surface area contributed by atoms with Crippen LogP contribution in [0.1, 0.15) is 20.8 Å². The van der Waals surface area contributed by atoms with Crippen molar-refractivity contribution in [2.75, 3.05) is 19.8 Å². The average molecular weight is 629 g/mol. The van der Waals surface area contributed by atoms with E-state index in [4.69, 9.17) is 28.4 Å². The summed E-state index contributed by atoms with van der Waals surface area (Å²) in [5.74, 6) is -2.08. The van der Waals surface area contributed by atoms with Crippen LogP contribution in [0.15, 0.2) is 0 Å². The summed E-state index contributed by atoms with van der Waals surface area (Å²) in [5.41, 5.74) is 0. The molecule has 0 saturated carbocycles. The smallest absolute Gasteiger partial charge is 0.303 e. The summed E-state index contributed by atoms with van der Waals surface area (Å²) in [6.07, 6.45) is -20.9. The molecular formula is C24H40N2O17. The zero-order chi connectivity index (χ0) is 32.2. The Hall–Kier alpha value is -2.11. The van der Waals surface area contributed by atoms with Gasteiger partial charge in [0.25, 0.3) is 0 Å². The van der Waals surface area contributed by atoms with E-state index in [0.29, 0.717) is 0 Å². The number of hydrogen-bond acceptors (Lipinski definition) is 17. The van der Waals surface area contributed by atoms with Gasteiger partial charge in [-0.15, -0.1) is 0 Å². The third-order valence-electron chi connectivity index (χ3n) is 7.15. The van der Waals surface area contributed by atoms with Crippen LogP contribution in [0.2, 0.25) is 0 Å². The molecule has 3 rings (SSSR count). The van der Waals surface area contributed by atoms with Crippen molar-refractivity contribution in [1.29, 1.82) is 0 Å². The molecule has 3 saturated heterocycles. The number of esters is 1. The second-order valence-corrected chi connectivity index (χ2v) is 10.4. The Morgan fingerprint density at radius 1 is 0.651 bits per heavy atom. The second kappa shape index (κ2) is 15.3. The largest absolute Gasteiger partial charge is 0.457 e. The van der Waals surface area contributed by atoms with E-state index >= 15 is 0 Å². The third kappa shape index (κ3) is 8.34. The summed E-state index contributed by atoms with van der Waals surface area (Å²) in [7, 11) is 0. The van der Waals surface area contributed by atoms with Gasteiger partial charge in [0.15, 0.2) is 25.0 Å². The van der Waals surface area contributed by atoms with Crippen LogP contribution < -0.4 is 10.6 Å². The Morgan fingerprint density at radius 2 is 1.19 bits per heavy atom. The standard InChI is InChI=1S/C24H40N2O17/c1-7(29)25-13-17(34)15(32)10(4-27)41-23(13)38-6-12-16(33)19(36)21(22(37)40-12)43-24-14(26-8(2)30)18(35)20(39-9(3)31)11(5-28)42-24/h10-24,27-28,32-37H,4-6H2,1-3H3,(H,25,29)(H,26,30)/t10?,11?,12?,13?,14?,15?,16?,17?,18?,19?,20?,21-,22+,23?,24?/m1/s1. The van der Waals surface area contributed by atoms with E-state index < -0.39 is 130 Å². The van der Waals surface area contributed by atoms with Gasteiger partial charge in [-0.05, 0) is 0 Å². The number of aliphatic hydroxyl groups is 8. The molecule has 0 radical (unpaired) electrons. The van der Waals surface area contributed by atoms with Gasteiger partial charge in [0.1, 0.15) is 67.0 Å². The van der Waals surface area contributed by atoms with Gasteiger partial charge in [0.05, 0.1) is 19.8 Å². The van der Waals surface area contributed by atoms with Crippen LogP contribution in [0.3, 0.4) is 0 Å². The van der Waals surface area contributed by atoms with E-state index in [1.54, 1.807) is 0 Å². The first-order valence-electron chi connectivity index (χ1n) is 13.4. The molecule has 19 nitrogen and oxygen atoms in total. The lowest BCUT2D eigenvalue weighted by Gasteiger charge is -2.47. The van der Waals surface area contributed by atoms with Crippen molar-refractivity contribution in [3.63, 3.8) is 0 Å². The van der Waals surface area contributed by atoms with Gasteiger partial charge >= 0.3 is 5.97 Å². The number of hydrogen-bond donors (Lipinski definition) is 10. The maximum absolute atomic E-state index is 11.8. The fourth-order valence-electron chi connectivity index (χ4n) is 5.07. The van der Waals surface area contributed by atoms with Gasteiger partial charge in [0.2, 0.25) is 11.8 Å². The number of carbonyl (C=O) groups excluding carboxylic acids is 3. The predicted molar refractivity (Wildman–Crippen MR) is 134 cm³/mol. The SMILES string of the molecule is CC(=O)NC1C(OCC2O[C@H](O)[C@H](OC3OC(CO)C(OC(C)=O)C(O)C3NC(C)=O)C(O)C2O)OC(CO)C(O)C1O. The summed E-state index contributed by atoms with van der Waals surface area (Å²) < 4.78 is 32.6. The van der Waals surface area contributed by atoms with Crippen LogP contribution in [0, 0.1) is 0 Å². The first kappa shape index (κ1) is 35.4. The molecule has 13 unspecified atom stereocenters. The Labute approximate surface area is 245 Å². The number of amides is 2. The molecule has 0 aromatic heterocycles. The monoisotopic (exact) mass is 628 g/mol. The van der Waals surface area contributed by atoms with Crippen molar-refractivity contribution in [2.24, 2.45) is 0 Å². The number of rotatable bonds is 10. The highest BCUT2D eigenvalue weighted by Crippen LogP contribution is 2.30. The summed E-state index contributed by atoms with van der Waals surface area (Å²) in [6, 6.07) is -2.74. The number of nitrogens with one attached hydrogen (secondary N) is 2. The lowest BCUT2D eigenvalue weighted by Crippen LogP contribution is -2.68. The van der Waals surface area contributed by atoms with E-state index in [1.165, 1.54) is 0 Å². The van der Waals surface area contributed by atoms with Crippen molar-refractivity contribution < 1.29 is 83.7 Å². The van der Waals surface area contributed by atoms with Crippen LogP contribution in [0.5, 0.6) is 0 Å². The summed E-state index contributed by atoms with van der Waals surface area (Å²) in [4.78, 5) is 34.9. The molecule has 0 aromatic carbocycles. The van der Waals surface area contributed by atoms with Crippen molar-refractivity contribution >= 4 is 17.8 Å². The van der Waals surface area contributed by atoms with Crippen molar-refractivity contribution in [3.8, 4) is 0 Å². The predicted octanol–water partition coefficient (Wildman–Crippen LogP) is -6.71. The molecule has 0 bridgehead atoms. The number of ether oxygens (including phenoxy) is 6. The van der Waals surface area contributed by atoms with Gasteiger partial charge in [-0.3, -0.25) is 14.4 Å². The molecule has 10 N–H and O–H groups in total. The minimum Gasteiger partial charge on any atom is -0.457 e. The Morgan fingerprint density at radius 3 is 1.72 bits per heavy atom. The van der Waals surface area contributed by atoms with Gasteiger partial charge < -0.3 is 79.9 Å².